The van der Waals surface area contributed by atoms with Crippen LogP contribution in [0.2, 0.25) is 0 Å². The monoisotopic (exact) mass is 284 g/mol. The average molecular weight is 284 g/mol. The van der Waals surface area contributed by atoms with Crippen LogP contribution in [0, 0.1) is 0 Å². The molecular formula is C15H20N6. The number of fused-ring (bicyclic) bond motifs is 1. The average Bonchev–Trinajstić information content (AvgIpc) is 3.01. The minimum atomic E-state index is 0.450. The van der Waals surface area contributed by atoms with Crippen LogP contribution < -0.4 is 5.32 Å². The predicted molar refractivity (Wildman–Crippen MR) is 81.8 cm³/mol. The molecule has 3 rings (SSSR count). The third-order valence-corrected chi connectivity index (χ3v) is 3.44. The molecule has 0 amide bonds. The SMILES string of the molecule is CC(C)NCc1cc2ccccc2n1Cc1nnn(C)n1. The van der Waals surface area contributed by atoms with E-state index >= 15 is 0 Å². The molecule has 2 heterocycles. The van der Waals surface area contributed by atoms with Crippen molar-refractivity contribution >= 4 is 10.9 Å². The van der Waals surface area contributed by atoms with Gasteiger partial charge < -0.3 is 9.88 Å². The van der Waals surface area contributed by atoms with Gasteiger partial charge in [-0.25, -0.2) is 0 Å². The summed E-state index contributed by atoms with van der Waals surface area (Å²) in [5.41, 5.74) is 2.43. The molecule has 0 radical (unpaired) electrons. The van der Waals surface area contributed by atoms with Crippen molar-refractivity contribution in [3.63, 3.8) is 0 Å². The second kappa shape index (κ2) is 5.65. The summed E-state index contributed by atoms with van der Waals surface area (Å²) in [5, 5.41) is 17.0. The molecule has 110 valence electrons. The first-order chi connectivity index (χ1) is 10.1. The van der Waals surface area contributed by atoms with Crippen LogP contribution >= 0.6 is 0 Å². The maximum atomic E-state index is 4.28. The Morgan fingerprint density at radius 3 is 2.76 bits per heavy atom. The smallest absolute Gasteiger partial charge is 0.194 e. The zero-order valence-electron chi connectivity index (χ0n) is 12.6. The Balaban J connectivity index is 1.98. The van der Waals surface area contributed by atoms with E-state index in [2.05, 4.69) is 69.5 Å². The number of hydrogen-bond donors (Lipinski definition) is 1. The van der Waals surface area contributed by atoms with Crippen molar-refractivity contribution in [2.24, 2.45) is 7.05 Å². The zero-order valence-corrected chi connectivity index (χ0v) is 12.6. The second-order valence-electron chi connectivity index (χ2n) is 5.51. The van der Waals surface area contributed by atoms with E-state index in [1.54, 1.807) is 7.05 Å². The minimum Gasteiger partial charge on any atom is -0.335 e. The number of para-hydroxylation sites is 1. The van der Waals surface area contributed by atoms with Crippen LogP contribution in [0.4, 0.5) is 0 Å². The molecule has 0 unspecified atom stereocenters. The van der Waals surface area contributed by atoms with Crippen molar-refractivity contribution in [3.05, 3.63) is 41.9 Å². The van der Waals surface area contributed by atoms with Crippen LogP contribution in [0.3, 0.4) is 0 Å². The largest absolute Gasteiger partial charge is 0.335 e. The normalized spacial score (nSPS) is 11.6. The molecule has 0 aliphatic rings. The molecule has 1 aromatic carbocycles. The van der Waals surface area contributed by atoms with E-state index in [4.69, 9.17) is 0 Å². The van der Waals surface area contributed by atoms with E-state index in [0.717, 1.165) is 12.4 Å². The van der Waals surface area contributed by atoms with Crippen molar-refractivity contribution in [2.75, 3.05) is 0 Å². The fraction of sp³-hybridized carbons (Fsp3) is 0.400. The second-order valence-corrected chi connectivity index (χ2v) is 5.51. The van der Waals surface area contributed by atoms with Gasteiger partial charge in [-0.1, -0.05) is 32.0 Å². The molecule has 0 aliphatic carbocycles. The fourth-order valence-electron chi connectivity index (χ4n) is 2.44. The van der Waals surface area contributed by atoms with Gasteiger partial charge in [0, 0.05) is 23.8 Å². The Bertz CT molecular complexity index is 740. The Morgan fingerprint density at radius 1 is 1.24 bits per heavy atom. The Labute approximate surface area is 123 Å². The van der Waals surface area contributed by atoms with E-state index in [1.807, 2.05) is 0 Å². The lowest BCUT2D eigenvalue weighted by Gasteiger charge is -2.11. The Kier molecular flexibility index (Phi) is 3.70. The molecule has 0 saturated heterocycles. The molecule has 0 aliphatic heterocycles. The highest BCUT2D eigenvalue weighted by Gasteiger charge is 2.11. The van der Waals surface area contributed by atoms with Crippen LogP contribution in [0.25, 0.3) is 10.9 Å². The zero-order chi connectivity index (χ0) is 14.8. The number of aryl methyl sites for hydroxylation is 1. The van der Waals surface area contributed by atoms with Crippen LogP contribution in [0.1, 0.15) is 25.4 Å². The van der Waals surface area contributed by atoms with Crippen molar-refractivity contribution in [1.82, 2.24) is 30.1 Å². The van der Waals surface area contributed by atoms with Gasteiger partial charge in [-0.3, -0.25) is 0 Å². The number of nitrogens with one attached hydrogen (secondary N) is 1. The van der Waals surface area contributed by atoms with E-state index < -0.39 is 0 Å². The van der Waals surface area contributed by atoms with Crippen molar-refractivity contribution in [1.29, 1.82) is 0 Å². The summed E-state index contributed by atoms with van der Waals surface area (Å²) < 4.78 is 2.25. The molecule has 6 heteroatoms. The summed E-state index contributed by atoms with van der Waals surface area (Å²) in [4.78, 5) is 1.49. The van der Waals surface area contributed by atoms with Crippen LogP contribution in [0.15, 0.2) is 30.3 Å². The van der Waals surface area contributed by atoms with Crippen molar-refractivity contribution in [3.8, 4) is 0 Å². The minimum absolute atomic E-state index is 0.450. The molecule has 6 nitrogen and oxygen atoms in total. The first-order valence-corrected chi connectivity index (χ1v) is 7.17. The standard InChI is InChI=1S/C15H20N6/c1-11(2)16-9-13-8-12-6-4-5-7-14(12)21(13)10-15-17-19-20(3)18-15/h4-8,11,16H,9-10H2,1-3H3. The maximum Gasteiger partial charge on any atom is 0.194 e. The molecule has 0 bridgehead atoms. The quantitative estimate of drug-likeness (QED) is 0.775. The highest BCUT2D eigenvalue weighted by Crippen LogP contribution is 2.20. The summed E-state index contributed by atoms with van der Waals surface area (Å²) in [6.07, 6.45) is 0. The molecule has 21 heavy (non-hydrogen) atoms. The van der Waals surface area contributed by atoms with Gasteiger partial charge >= 0.3 is 0 Å². The van der Waals surface area contributed by atoms with Crippen LogP contribution in [0.5, 0.6) is 0 Å². The molecule has 3 aromatic rings. The maximum absolute atomic E-state index is 4.28. The van der Waals surface area contributed by atoms with E-state index in [1.165, 1.54) is 21.4 Å². The van der Waals surface area contributed by atoms with E-state index in [9.17, 15) is 0 Å². The van der Waals surface area contributed by atoms with Gasteiger partial charge in [0.1, 0.15) is 0 Å². The summed E-state index contributed by atoms with van der Waals surface area (Å²) in [5.74, 6) is 0.727. The van der Waals surface area contributed by atoms with E-state index in [0.29, 0.717) is 12.6 Å². The van der Waals surface area contributed by atoms with Crippen LogP contribution in [-0.4, -0.2) is 30.8 Å². The topological polar surface area (TPSA) is 60.6 Å². The summed E-state index contributed by atoms with van der Waals surface area (Å²) in [6, 6.07) is 11.1. The van der Waals surface area contributed by atoms with Crippen LogP contribution in [-0.2, 0) is 20.1 Å². The first-order valence-electron chi connectivity index (χ1n) is 7.17. The lowest BCUT2D eigenvalue weighted by Crippen LogP contribution is -2.23. The van der Waals surface area contributed by atoms with Gasteiger partial charge in [-0.05, 0) is 22.7 Å². The molecular weight excluding hydrogens is 264 g/mol. The predicted octanol–water partition coefficient (Wildman–Crippen LogP) is 1.71. The Hall–Kier alpha value is -2.21. The summed E-state index contributed by atoms with van der Waals surface area (Å²) >= 11 is 0. The molecule has 0 saturated carbocycles. The first kappa shape index (κ1) is 13.8. The number of nitrogens with zero attached hydrogens (tertiary/aromatic N) is 5. The molecule has 1 N–H and O–H groups in total. The summed E-state index contributed by atoms with van der Waals surface area (Å²) in [6.45, 7) is 5.76. The molecule has 0 spiro atoms. The van der Waals surface area contributed by atoms with Crippen molar-refractivity contribution < 1.29 is 0 Å². The van der Waals surface area contributed by atoms with Gasteiger partial charge in [0.25, 0.3) is 0 Å². The highest BCUT2D eigenvalue weighted by atomic mass is 15.6. The highest BCUT2D eigenvalue weighted by molar-refractivity contribution is 5.81. The number of hydrogen-bond acceptors (Lipinski definition) is 4. The van der Waals surface area contributed by atoms with Gasteiger partial charge in [0.15, 0.2) is 5.82 Å². The third kappa shape index (κ3) is 2.95. The van der Waals surface area contributed by atoms with Gasteiger partial charge in [0.2, 0.25) is 0 Å². The molecule has 2 aromatic heterocycles. The molecule has 0 fully saturated rings. The van der Waals surface area contributed by atoms with Gasteiger partial charge in [0.05, 0.1) is 13.6 Å². The Morgan fingerprint density at radius 2 is 2.05 bits per heavy atom. The van der Waals surface area contributed by atoms with E-state index in [-0.39, 0.29) is 0 Å². The number of rotatable bonds is 5. The van der Waals surface area contributed by atoms with Gasteiger partial charge in [-0.15, -0.1) is 10.2 Å². The number of tetrazole rings is 1. The number of aromatic nitrogens is 5. The third-order valence-electron chi connectivity index (χ3n) is 3.44. The lowest BCUT2D eigenvalue weighted by molar-refractivity contribution is 0.564. The fourth-order valence-corrected chi connectivity index (χ4v) is 2.44. The molecule has 0 atom stereocenters. The lowest BCUT2D eigenvalue weighted by atomic mass is 10.2. The van der Waals surface area contributed by atoms with Gasteiger partial charge in [-0.2, -0.15) is 4.80 Å². The summed E-state index contributed by atoms with van der Waals surface area (Å²) in [7, 11) is 1.78. The number of benzene rings is 1. The van der Waals surface area contributed by atoms with Crippen molar-refractivity contribution in [2.45, 2.75) is 33.0 Å².